The third-order valence-electron chi connectivity index (χ3n) is 1.53. The minimum Gasteiger partial charge on any atom is -0.338 e. The summed E-state index contributed by atoms with van der Waals surface area (Å²) in [6.07, 6.45) is 0.816. The van der Waals surface area contributed by atoms with Crippen LogP contribution in [0, 0.1) is 0 Å². The second kappa shape index (κ2) is 4.79. The molecule has 1 rings (SSSR count). The first-order valence-corrected chi connectivity index (χ1v) is 5.85. The van der Waals surface area contributed by atoms with Crippen LogP contribution >= 0.6 is 11.8 Å². The summed E-state index contributed by atoms with van der Waals surface area (Å²) in [7, 11) is 0. The van der Waals surface area contributed by atoms with Crippen molar-refractivity contribution in [3.63, 3.8) is 0 Å². The lowest BCUT2D eigenvalue weighted by atomic mass is 10.1. The third kappa shape index (κ3) is 4.11. The van der Waals surface area contributed by atoms with E-state index in [0.717, 1.165) is 23.8 Å². The Kier molecular flexibility index (Phi) is 3.95. The number of rotatable bonds is 5. The number of aromatic nitrogens is 2. The van der Waals surface area contributed by atoms with E-state index in [1.165, 1.54) is 0 Å². The monoisotopic (exact) mass is 215 g/mol. The molecular weight excluding hydrogens is 198 g/mol. The summed E-state index contributed by atoms with van der Waals surface area (Å²) in [5.74, 6) is 3.09. The highest BCUT2D eigenvalue weighted by molar-refractivity contribution is 7.98. The molecule has 0 radical (unpaired) electrons. The van der Waals surface area contributed by atoms with Gasteiger partial charge in [0.25, 0.3) is 0 Å². The number of nitrogens with zero attached hydrogens (tertiary/aromatic N) is 2. The number of hydrogen-bond donors (Lipinski definition) is 1. The zero-order valence-corrected chi connectivity index (χ0v) is 9.73. The van der Waals surface area contributed by atoms with Crippen molar-refractivity contribution in [2.24, 2.45) is 5.73 Å². The summed E-state index contributed by atoms with van der Waals surface area (Å²) in [5.41, 5.74) is 5.70. The maximum absolute atomic E-state index is 5.84. The summed E-state index contributed by atoms with van der Waals surface area (Å²) in [4.78, 5) is 4.21. The molecule has 0 aromatic carbocycles. The van der Waals surface area contributed by atoms with E-state index < -0.39 is 0 Å². The average molecular weight is 215 g/mol. The summed E-state index contributed by atoms with van der Waals surface area (Å²) in [5, 5.41) is 3.82. The Bertz CT molecular complexity index is 280. The Morgan fingerprint density at radius 3 is 2.71 bits per heavy atom. The molecule has 0 atom stereocenters. The highest BCUT2D eigenvalue weighted by Gasteiger charge is 2.12. The summed E-state index contributed by atoms with van der Waals surface area (Å²) in [6.45, 7) is 6.02. The summed E-state index contributed by atoms with van der Waals surface area (Å²) >= 11 is 1.72. The second-order valence-electron chi connectivity index (χ2n) is 3.94. The van der Waals surface area contributed by atoms with Crippen LogP contribution in [0.25, 0.3) is 0 Å². The van der Waals surface area contributed by atoms with Gasteiger partial charge in [0.2, 0.25) is 5.89 Å². The molecule has 0 fully saturated rings. The van der Waals surface area contributed by atoms with Crippen molar-refractivity contribution >= 4 is 11.8 Å². The van der Waals surface area contributed by atoms with E-state index in [2.05, 4.69) is 10.1 Å². The molecule has 0 spiro atoms. The standard InChI is InChI=1S/C9H17N3OS/c1-4-7-11-8(13-12-7)5-14-6-9(2,3)10/h4-6,10H2,1-3H3. The van der Waals surface area contributed by atoms with Gasteiger partial charge in [0.1, 0.15) is 0 Å². The van der Waals surface area contributed by atoms with Crippen LogP contribution in [-0.2, 0) is 12.2 Å². The predicted octanol–water partition coefficient (Wildman–Crippen LogP) is 1.60. The van der Waals surface area contributed by atoms with Crippen molar-refractivity contribution in [1.82, 2.24) is 10.1 Å². The van der Waals surface area contributed by atoms with Gasteiger partial charge in [-0.1, -0.05) is 12.1 Å². The Morgan fingerprint density at radius 2 is 2.21 bits per heavy atom. The molecule has 1 aromatic heterocycles. The van der Waals surface area contributed by atoms with Gasteiger partial charge in [-0.3, -0.25) is 0 Å². The number of aryl methyl sites for hydroxylation is 1. The van der Waals surface area contributed by atoms with Crippen molar-refractivity contribution in [2.45, 2.75) is 38.5 Å². The fourth-order valence-electron chi connectivity index (χ4n) is 0.894. The van der Waals surface area contributed by atoms with Gasteiger partial charge < -0.3 is 10.3 Å². The van der Waals surface area contributed by atoms with Crippen LogP contribution in [0.15, 0.2) is 4.52 Å². The second-order valence-corrected chi connectivity index (χ2v) is 4.92. The molecule has 0 saturated carbocycles. The third-order valence-corrected chi connectivity index (χ3v) is 2.93. The van der Waals surface area contributed by atoms with Gasteiger partial charge in [-0.15, -0.1) is 0 Å². The lowest BCUT2D eigenvalue weighted by Crippen LogP contribution is -2.34. The SMILES string of the molecule is CCc1noc(CSCC(C)(C)N)n1. The zero-order valence-electron chi connectivity index (χ0n) is 8.91. The first kappa shape index (κ1) is 11.5. The molecule has 0 aliphatic heterocycles. The first-order valence-electron chi connectivity index (χ1n) is 4.69. The van der Waals surface area contributed by atoms with Crippen LogP contribution in [0.5, 0.6) is 0 Å². The van der Waals surface area contributed by atoms with Gasteiger partial charge in [0.05, 0.1) is 5.75 Å². The van der Waals surface area contributed by atoms with Crippen LogP contribution in [-0.4, -0.2) is 21.4 Å². The van der Waals surface area contributed by atoms with Crippen LogP contribution in [0.2, 0.25) is 0 Å². The van der Waals surface area contributed by atoms with E-state index >= 15 is 0 Å². The number of nitrogens with two attached hydrogens (primary N) is 1. The van der Waals surface area contributed by atoms with Gasteiger partial charge in [0.15, 0.2) is 5.82 Å². The first-order chi connectivity index (χ1) is 6.51. The van der Waals surface area contributed by atoms with Crippen LogP contribution in [0.3, 0.4) is 0 Å². The molecule has 0 aliphatic rings. The molecular formula is C9H17N3OS. The van der Waals surface area contributed by atoms with Gasteiger partial charge in [-0.25, -0.2) is 0 Å². The Balaban J connectivity index is 2.31. The van der Waals surface area contributed by atoms with E-state index in [0.29, 0.717) is 5.89 Å². The molecule has 14 heavy (non-hydrogen) atoms. The van der Waals surface area contributed by atoms with Crippen LogP contribution < -0.4 is 5.73 Å². The number of hydrogen-bond acceptors (Lipinski definition) is 5. The van der Waals surface area contributed by atoms with E-state index in [9.17, 15) is 0 Å². The fraction of sp³-hybridized carbons (Fsp3) is 0.778. The van der Waals surface area contributed by atoms with Gasteiger partial charge in [-0.2, -0.15) is 16.7 Å². The molecule has 0 bridgehead atoms. The minimum absolute atomic E-state index is 0.141. The molecule has 0 amide bonds. The van der Waals surface area contributed by atoms with E-state index in [1.54, 1.807) is 11.8 Å². The molecule has 0 unspecified atom stereocenters. The van der Waals surface area contributed by atoms with Gasteiger partial charge >= 0.3 is 0 Å². The highest BCUT2D eigenvalue weighted by atomic mass is 32.2. The minimum atomic E-state index is -0.141. The summed E-state index contributed by atoms with van der Waals surface area (Å²) in [6, 6.07) is 0. The molecule has 1 heterocycles. The van der Waals surface area contributed by atoms with E-state index in [-0.39, 0.29) is 5.54 Å². The van der Waals surface area contributed by atoms with Crippen molar-refractivity contribution in [3.05, 3.63) is 11.7 Å². The van der Waals surface area contributed by atoms with Crippen molar-refractivity contribution in [2.75, 3.05) is 5.75 Å². The van der Waals surface area contributed by atoms with Gasteiger partial charge in [-0.05, 0) is 13.8 Å². The van der Waals surface area contributed by atoms with E-state index in [1.807, 2.05) is 20.8 Å². The molecule has 1 aromatic rings. The van der Waals surface area contributed by atoms with Crippen LogP contribution in [0.4, 0.5) is 0 Å². The highest BCUT2D eigenvalue weighted by Crippen LogP contribution is 2.15. The summed E-state index contributed by atoms with van der Waals surface area (Å²) < 4.78 is 5.05. The molecule has 0 aliphatic carbocycles. The number of thioether (sulfide) groups is 1. The Hall–Kier alpha value is -0.550. The van der Waals surface area contributed by atoms with Crippen molar-refractivity contribution in [1.29, 1.82) is 0 Å². The molecule has 0 saturated heterocycles. The maximum Gasteiger partial charge on any atom is 0.236 e. The lowest BCUT2D eigenvalue weighted by molar-refractivity contribution is 0.385. The Morgan fingerprint density at radius 1 is 1.50 bits per heavy atom. The smallest absolute Gasteiger partial charge is 0.236 e. The fourth-order valence-corrected chi connectivity index (χ4v) is 1.81. The molecule has 80 valence electrons. The quantitative estimate of drug-likeness (QED) is 0.808. The predicted molar refractivity (Wildman–Crippen MR) is 58.1 cm³/mol. The molecule has 4 nitrogen and oxygen atoms in total. The van der Waals surface area contributed by atoms with Gasteiger partial charge in [0, 0.05) is 17.7 Å². The largest absolute Gasteiger partial charge is 0.338 e. The average Bonchev–Trinajstić information content (AvgIpc) is 2.50. The zero-order chi connectivity index (χ0) is 10.6. The van der Waals surface area contributed by atoms with Crippen molar-refractivity contribution < 1.29 is 4.52 Å². The lowest BCUT2D eigenvalue weighted by Gasteiger charge is -2.16. The van der Waals surface area contributed by atoms with Crippen LogP contribution in [0.1, 0.15) is 32.5 Å². The topological polar surface area (TPSA) is 64.9 Å². The normalized spacial score (nSPS) is 12.0. The maximum atomic E-state index is 5.84. The van der Waals surface area contributed by atoms with E-state index in [4.69, 9.17) is 10.3 Å². The van der Waals surface area contributed by atoms with Crippen molar-refractivity contribution in [3.8, 4) is 0 Å². The Labute approximate surface area is 88.6 Å². The molecule has 2 N–H and O–H groups in total. The molecule has 5 heteroatoms.